The van der Waals surface area contributed by atoms with Crippen LogP contribution in [0.4, 0.5) is 11.6 Å². The number of hydrogen-bond donors (Lipinski definition) is 3. The number of H-pyrrole nitrogens is 1. The molecular weight excluding hydrogens is 464 g/mol. The van der Waals surface area contributed by atoms with Gasteiger partial charge in [-0.3, -0.25) is 9.69 Å². The number of nitrogens with two attached hydrogens (primary N) is 1. The van der Waals surface area contributed by atoms with Crippen molar-refractivity contribution in [3.63, 3.8) is 0 Å². The number of amides is 1. The second-order valence-electron chi connectivity index (χ2n) is 9.82. The Bertz CT molecular complexity index is 1180. The number of nitrogens with one attached hydrogen (secondary N) is 2. The molecule has 4 N–H and O–H groups in total. The summed E-state index contributed by atoms with van der Waals surface area (Å²) in [7, 11) is 0. The molecule has 3 aromatic rings. The lowest BCUT2D eigenvalue weighted by Crippen LogP contribution is -2.46. The Kier molecular flexibility index (Phi) is 6.34. The molecule has 2 aliphatic carbocycles. The van der Waals surface area contributed by atoms with Gasteiger partial charge in [-0.2, -0.15) is 0 Å². The number of fused-ring (bicyclic) bond motifs is 3. The first-order valence-electron chi connectivity index (χ1n) is 12.6. The van der Waals surface area contributed by atoms with E-state index in [1.807, 2.05) is 6.07 Å². The molecule has 0 radical (unpaired) electrons. The normalized spacial score (nSPS) is 25.0. The summed E-state index contributed by atoms with van der Waals surface area (Å²) in [6.07, 6.45) is 10.2. The van der Waals surface area contributed by atoms with Crippen molar-refractivity contribution in [1.29, 1.82) is 0 Å². The average Bonchev–Trinajstić information content (AvgIpc) is 3.58. The number of thiophene rings is 1. The van der Waals surface area contributed by atoms with E-state index in [4.69, 9.17) is 20.2 Å². The highest BCUT2D eigenvalue weighted by atomic mass is 32.1. The monoisotopic (exact) mass is 496 g/mol. The van der Waals surface area contributed by atoms with Crippen molar-refractivity contribution in [3.05, 3.63) is 29.0 Å². The van der Waals surface area contributed by atoms with Gasteiger partial charge in [-0.25, -0.2) is 9.97 Å². The Morgan fingerprint density at radius 1 is 1.26 bits per heavy atom. The number of ether oxygens (including phenoxy) is 2. The number of anilines is 2. The lowest BCUT2D eigenvalue weighted by Gasteiger charge is -2.38. The largest absolute Gasteiger partial charge is 0.490 e. The number of morpholine rings is 1. The molecule has 1 atom stereocenters. The summed E-state index contributed by atoms with van der Waals surface area (Å²) >= 11 is 1.71. The quantitative estimate of drug-likeness (QED) is 0.456. The van der Waals surface area contributed by atoms with Gasteiger partial charge < -0.3 is 25.5 Å². The standard InChI is InChI=1S/C25H32N6O3S/c26-20(32)11-15-1-6-19-23(15)24-18(12-21(30-25(24)35-19)29-22-13-27-14-28-22)34-17-4-2-16(3-5-17)31-7-9-33-10-8-31/h12-17H,1-11H2,(H2,26,32)(H,27,28)(H,29,30)/t15-,16?,17?/m1/s1. The predicted molar refractivity (Wildman–Crippen MR) is 135 cm³/mol. The molecule has 2 fully saturated rings. The van der Waals surface area contributed by atoms with Crippen LogP contribution in [0.25, 0.3) is 10.2 Å². The number of hydrogen-bond acceptors (Lipinski definition) is 8. The summed E-state index contributed by atoms with van der Waals surface area (Å²) < 4.78 is 12.3. The number of pyridine rings is 1. The zero-order valence-electron chi connectivity index (χ0n) is 19.8. The molecule has 9 nitrogen and oxygen atoms in total. The Hall–Kier alpha value is -2.69. The predicted octanol–water partition coefficient (Wildman–Crippen LogP) is 3.69. The molecule has 3 aromatic heterocycles. The smallest absolute Gasteiger partial charge is 0.218 e. The zero-order chi connectivity index (χ0) is 23.8. The van der Waals surface area contributed by atoms with Gasteiger partial charge in [0.25, 0.3) is 0 Å². The number of carbonyl (C=O) groups is 1. The summed E-state index contributed by atoms with van der Waals surface area (Å²) in [5.74, 6) is 2.26. The van der Waals surface area contributed by atoms with Gasteiger partial charge in [0, 0.05) is 36.5 Å². The number of aromatic amines is 1. The van der Waals surface area contributed by atoms with Gasteiger partial charge in [0.2, 0.25) is 5.91 Å². The van der Waals surface area contributed by atoms with Gasteiger partial charge in [-0.15, -0.1) is 11.3 Å². The second-order valence-corrected chi connectivity index (χ2v) is 10.9. The summed E-state index contributed by atoms with van der Waals surface area (Å²) in [6, 6.07) is 2.63. The van der Waals surface area contributed by atoms with Gasteiger partial charge in [-0.1, -0.05) is 0 Å². The van der Waals surface area contributed by atoms with Crippen LogP contribution < -0.4 is 15.8 Å². The summed E-state index contributed by atoms with van der Waals surface area (Å²) in [6.45, 7) is 3.75. The molecule has 4 heterocycles. The number of aromatic nitrogens is 3. The van der Waals surface area contributed by atoms with Crippen LogP contribution in [0.1, 0.15) is 54.9 Å². The third-order valence-corrected chi connectivity index (χ3v) is 8.73. The van der Waals surface area contributed by atoms with E-state index < -0.39 is 0 Å². The number of aryl methyl sites for hydroxylation is 1. The first-order chi connectivity index (χ1) is 17.1. The molecule has 1 saturated heterocycles. The van der Waals surface area contributed by atoms with E-state index in [1.54, 1.807) is 23.9 Å². The molecule has 1 aliphatic heterocycles. The fourth-order valence-corrected chi connectivity index (χ4v) is 7.20. The summed E-state index contributed by atoms with van der Waals surface area (Å²) in [5, 5.41) is 4.39. The molecule has 1 amide bonds. The molecule has 35 heavy (non-hydrogen) atoms. The van der Waals surface area contributed by atoms with E-state index in [9.17, 15) is 4.79 Å². The maximum atomic E-state index is 11.8. The summed E-state index contributed by atoms with van der Waals surface area (Å²) in [4.78, 5) is 28.7. The molecule has 0 aromatic carbocycles. The highest BCUT2D eigenvalue weighted by Crippen LogP contribution is 2.49. The molecule has 1 saturated carbocycles. The van der Waals surface area contributed by atoms with Crippen molar-refractivity contribution in [2.24, 2.45) is 5.73 Å². The lowest BCUT2D eigenvalue weighted by atomic mass is 9.91. The van der Waals surface area contributed by atoms with Gasteiger partial charge in [-0.05, 0) is 50.0 Å². The maximum absolute atomic E-state index is 11.8. The van der Waals surface area contributed by atoms with Crippen molar-refractivity contribution in [2.75, 3.05) is 31.6 Å². The van der Waals surface area contributed by atoms with Crippen molar-refractivity contribution < 1.29 is 14.3 Å². The van der Waals surface area contributed by atoms with Crippen LogP contribution in [0, 0.1) is 0 Å². The van der Waals surface area contributed by atoms with E-state index >= 15 is 0 Å². The Morgan fingerprint density at radius 3 is 2.83 bits per heavy atom. The van der Waals surface area contributed by atoms with Crippen LogP contribution >= 0.6 is 11.3 Å². The van der Waals surface area contributed by atoms with Crippen molar-refractivity contribution >= 4 is 39.1 Å². The molecular formula is C25H32N6O3S. The van der Waals surface area contributed by atoms with Crippen LogP contribution in [-0.2, 0) is 16.0 Å². The molecule has 0 unspecified atom stereocenters. The summed E-state index contributed by atoms with van der Waals surface area (Å²) in [5.41, 5.74) is 6.81. The minimum Gasteiger partial charge on any atom is -0.490 e. The number of nitrogens with zero attached hydrogens (tertiary/aromatic N) is 3. The number of imidazole rings is 1. The zero-order valence-corrected chi connectivity index (χ0v) is 20.6. The molecule has 0 spiro atoms. The number of primary amides is 1. The molecule has 186 valence electrons. The van der Waals surface area contributed by atoms with Crippen LogP contribution in [0.5, 0.6) is 5.75 Å². The van der Waals surface area contributed by atoms with Gasteiger partial charge >= 0.3 is 0 Å². The van der Waals surface area contributed by atoms with E-state index in [2.05, 4.69) is 20.2 Å². The minimum atomic E-state index is -0.253. The van der Waals surface area contributed by atoms with Crippen molar-refractivity contribution in [1.82, 2.24) is 19.9 Å². The molecule has 3 aliphatic rings. The van der Waals surface area contributed by atoms with Crippen molar-refractivity contribution in [3.8, 4) is 5.75 Å². The SMILES string of the molecule is NC(=O)C[C@H]1CCc2sc3nc(Nc4cnc[nH]4)cc(OC4CCC(N5CCOCC5)CC4)c3c21. The first-order valence-corrected chi connectivity index (χ1v) is 13.4. The Morgan fingerprint density at radius 2 is 2.09 bits per heavy atom. The lowest BCUT2D eigenvalue weighted by molar-refractivity contribution is -0.118. The van der Waals surface area contributed by atoms with Crippen LogP contribution in [0.2, 0.25) is 0 Å². The minimum absolute atomic E-state index is 0.142. The third-order valence-electron chi connectivity index (χ3n) is 7.58. The maximum Gasteiger partial charge on any atom is 0.218 e. The fraction of sp³-hybridized carbons (Fsp3) is 0.560. The number of carbonyl (C=O) groups excluding carboxylic acids is 1. The highest BCUT2D eigenvalue weighted by molar-refractivity contribution is 7.19. The van der Waals surface area contributed by atoms with Gasteiger partial charge in [0.15, 0.2) is 0 Å². The molecule has 6 rings (SSSR count). The van der Waals surface area contributed by atoms with Gasteiger partial charge in [0.1, 0.15) is 22.2 Å². The molecule has 10 heteroatoms. The fourth-order valence-electron chi connectivity index (χ4n) is 5.92. The Labute approximate surface area is 208 Å². The van der Waals surface area contributed by atoms with Crippen LogP contribution in [0.15, 0.2) is 18.6 Å². The van der Waals surface area contributed by atoms with E-state index in [0.717, 1.165) is 92.4 Å². The topological polar surface area (TPSA) is 118 Å². The number of rotatable bonds is 7. The highest BCUT2D eigenvalue weighted by Gasteiger charge is 2.33. The Balaban J connectivity index is 1.28. The van der Waals surface area contributed by atoms with Crippen LogP contribution in [-0.4, -0.2) is 64.2 Å². The van der Waals surface area contributed by atoms with E-state index in [-0.39, 0.29) is 17.9 Å². The van der Waals surface area contributed by atoms with Crippen LogP contribution in [0.3, 0.4) is 0 Å². The first kappa shape index (κ1) is 22.8. The third kappa shape index (κ3) is 4.74. The van der Waals surface area contributed by atoms with Gasteiger partial charge in [0.05, 0.1) is 37.2 Å². The van der Waals surface area contributed by atoms with E-state index in [0.29, 0.717) is 12.5 Å². The van der Waals surface area contributed by atoms with Crippen molar-refractivity contribution in [2.45, 2.75) is 63.0 Å². The molecule has 0 bridgehead atoms. The van der Waals surface area contributed by atoms with E-state index in [1.165, 1.54) is 10.4 Å². The second kappa shape index (κ2) is 9.75. The average molecular weight is 497 g/mol.